The fourth-order valence-electron chi connectivity index (χ4n) is 4.36. The van der Waals surface area contributed by atoms with Crippen molar-refractivity contribution in [2.24, 2.45) is 5.92 Å². The number of likely N-dealkylation sites (tertiary alicyclic amines) is 1. The number of hydrogen-bond acceptors (Lipinski definition) is 4. The van der Waals surface area contributed by atoms with E-state index in [1.807, 2.05) is 15.5 Å². The molecule has 2 aromatic heterocycles. The van der Waals surface area contributed by atoms with Crippen LogP contribution in [0.2, 0.25) is 0 Å². The molecule has 2 aliphatic rings. The van der Waals surface area contributed by atoms with Gasteiger partial charge in [0.15, 0.2) is 0 Å². The van der Waals surface area contributed by atoms with Crippen LogP contribution in [-0.4, -0.2) is 58.4 Å². The van der Waals surface area contributed by atoms with Crippen molar-refractivity contribution in [3.63, 3.8) is 0 Å². The van der Waals surface area contributed by atoms with E-state index in [4.69, 9.17) is 0 Å². The lowest BCUT2D eigenvalue weighted by molar-refractivity contribution is -0.131. The Morgan fingerprint density at radius 3 is 2.57 bits per heavy atom. The molecule has 4 heterocycles. The number of amides is 2. The van der Waals surface area contributed by atoms with Gasteiger partial charge in [0.05, 0.1) is 5.56 Å². The third-order valence-corrected chi connectivity index (χ3v) is 5.73. The molecule has 146 valence electrons. The summed E-state index contributed by atoms with van der Waals surface area (Å²) in [6, 6.07) is 5.41. The third-order valence-electron chi connectivity index (χ3n) is 5.73. The molecule has 0 saturated carbocycles. The van der Waals surface area contributed by atoms with Crippen molar-refractivity contribution < 1.29 is 9.59 Å². The minimum atomic E-state index is -0.128. The summed E-state index contributed by atoms with van der Waals surface area (Å²) in [7, 11) is 3.39. The minimum absolute atomic E-state index is 0.0391. The zero-order chi connectivity index (χ0) is 20.0. The maximum absolute atomic E-state index is 12.8. The van der Waals surface area contributed by atoms with Crippen molar-refractivity contribution in [2.45, 2.75) is 25.8 Å². The van der Waals surface area contributed by atoms with Crippen LogP contribution in [0.1, 0.15) is 35.3 Å². The molecule has 0 N–H and O–H groups in total. The maximum atomic E-state index is 12.8. The van der Waals surface area contributed by atoms with Gasteiger partial charge in [0.25, 0.3) is 11.5 Å². The van der Waals surface area contributed by atoms with Gasteiger partial charge in [0.1, 0.15) is 0 Å². The maximum Gasteiger partial charge on any atom is 0.254 e. The summed E-state index contributed by atoms with van der Waals surface area (Å²) in [5, 5.41) is 0. The van der Waals surface area contributed by atoms with Crippen LogP contribution in [-0.2, 0) is 11.3 Å². The first-order chi connectivity index (χ1) is 13.3. The van der Waals surface area contributed by atoms with Crippen LogP contribution in [0.5, 0.6) is 0 Å². The summed E-state index contributed by atoms with van der Waals surface area (Å²) in [5.74, 6) is 0.432. The van der Waals surface area contributed by atoms with E-state index in [-0.39, 0.29) is 23.3 Å². The zero-order valence-corrected chi connectivity index (χ0v) is 16.4. The molecule has 1 fully saturated rings. The number of pyridine rings is 2. The Bertz CT molecular complexity index is 1010. The average Bonchev–Trinajstić information content (AvgIpc) is 2.67. The van der Waals surface area contributed by atoms with Crippen LogP contribution >= 0.6 is 0 Å². The molecule has 4 rings (SSSR count). The number of piperidine rings is 1. The van der Waals surface area contributed by atoms with Gasteiger partial charge in [-0.1, -0.05) is 0 Å². The highest BCUT2D eigenvalue weighted by molar-refractivity contribution is 5.94. The highest BCUT2D eigenvalue weighted by Gasteiger charge is 2.35. The number of carbonyl (C=O) groups excluding carboxylic acids is 2. The van der Waals surface area contributed by atoms with E-state index in [1.54, 1.807) is 39.3 Å². The van der Waals surface area contributed by atoms with Crippen LogP contribution in [0.3, 0.4) is 0 Å². The molecule has 2 aromatic rings. The highest BCUT2D eigenvalue weighted by Crippen LogP contribution is 2.36. The van der Waals surface area contributed by atoms with E-state index >= 15 is 0 Å². The predicted octanol–water partition coefficient (Wildman–Crippen LogP) is 1.58. The Morgan fingerprint density at radius 2 is 1.86 bits per heavy atom. The lowest BCUT2D eigenvalue weighted by atomic mass is 9.82. The number of fused-ring (bicyclic) bond motifs is 4. The molecule has 28 heavy (non-hydrogen) atoms. The smallest absolute Gasteiger partial charge is 0.254 e. The standard InChI is InChI=1S/C21H24N4O3/c1-13(26)24-10-14-4-18(12-24)19-6-15(7-20(27)25(19)11-14)16-5-17(9-22-8-16)21(28)23(2)3/h5-9,14,18H,4,10-12H2,1-3H3/t14-,18+/m0/s1. The van der Waals surface area contributed by atoms with Crippen molar-refractivity contribution in [3.05, 3.63) is 52.2 Å². The van der Waals surface area contributed by atoms with Gasteiger partial charge in [0.2, 0.25) is 5.91 Å². The number of rotatable bonds is 2. The number of hydrogen-bond donors (Lipinski definition) is 0. The van der Waals surface area contributed by atoms with E-state index < -0.39 is 0 Å². The normalized spacial score (nSPS) is 20.5. The molecule has 2 amide bonds. The molecule has 0 unspecified atom stereocenters. The lowest BCUT2D eigenvalue weighted by Crippen LogP contribution is -2.48. The Kier molecular flexibility index (Phi) is 4.53. The average molecular weight is 380 g/mol. The fourth-order valence-corrected chi connectivity index (χ4v) is 4.36. The lowest BCUT2D eigenvalue weighted by Gasteiger charge is -2.42. The van der Waals surface area contributed by atoms with E-state index in [0.29, 0.717) is 24.6 Å². The second-order valence-corrected chi connectivity index (χ2v) is 8.00. The van der Waals surface area contributed by atoms with E-state index in [1.165, 1.54) is 11.1 Å². The van der Waals surface area contributed by atoms with E-state index in [9.17, 15) is 14.4 Å². The molecule has 2 atom stereocenters. The summed E-state index contributed by atoms with van der Waals surface area (Å²) < 4.78 is 1.85. The van der Waals surface area contributed by atoms with E-state index in [2.05, 4.69) is 4.98 Å². The van der Waals surface area contributed by atoms with Crippen molar-refractivity contribution in [1.82, 2.24) is 19.4 Å². The van der Waals surface area contributed by atoms with Gasteiger partial charge in [-0.15, -0.1) is 0 Å². The molecule has 1 saturated heterocycles. The van der Waals surface area contributed by atoms with Crippen LogP contribution in [0.4, 0.5) is 0 Å². The molecule has 2 aliphatic heterocycles. The van der Waals surface area contributed by atoms with Gasteiger partial charge >= 0.3 is 0 Å². The molecule has 0 radical (unpaired) electrons. The largest absolute Gasteiger partial charge is 0.345 e. The Labute approximate surface area is 163 Å². The highest BCUT2D eigenvalue weighted by atomic mass is 16.2. The van der Waals surface area contributed by atoms with Crippen LogP contribution < -0.4 is 5.56 Å². The summed E-state index contributed by atoms with van der Waals surface area (Å²) >= 11 is 0. The fraction of sp³-hybridized carbons (Fsp3) is 0.429. The summed E-state index contributed by atoms with van der Waals surface area (Å²) in [5.41, 5.74) is 2.92. The van der Waals surface area contributed by atoms with Gasteiger partial charge in [-0.2, -0.15) is 0 Å². The molecular weight excluding hydrogens is 356 g/mol. The van der Waals surface area contributed by atoms with Gasteiger partial charge in [0, 0.05) is 76.3 Å². The molecule has 7 heteroatoms. The second-order valence-electron chi connectivity index (χ2n) is 8.00. The first kappa shape index (κ1) is 18.4. The van der Waals surface area contributed by atoms with Gasteiger partial charge in [-0.05, 0) is 30.0 Å². The first-order valence-electron chi connectivity index (χ1n) is 9.51. The molecule has 0 aliphatic carbocycles. The predicted molar refractivity (Wildman–Crippen MR) is 105 cm³/mol. The minimum Gasteiger partial charge on any atom is -0.345 e. The molecule has 0 aromatic carbocycles. The molecular formula is C21H24N4O3. The monoisotopic (exact) mass is 380 g/mol. The summed E-state index contributed by atoms with van der Waals surface area (Å²) in [6.45, 7) is 3.61. The van der Waals surface area contributed by atoms with Gasteiger partial charge < -0.3 is 14.4 Å². The Balaban J connectivity index is 1.75. The SMILES string of the molecule is CC(=O)N1C[C@@H]2C[C@H](C1)c1cc(-c3cncc(C(=O)N(C)C)c3)cc(=O)n1C2. The quantitative estimate of drug-likeness (QED) is 0.793. The van der Waals surface area contributed by atoms with Gasteiger partial charge in [-0.25, -0.2) is 0 Å². The third kappa shape index (κ3) is 3.21. The van der Waals surface area contributed by atoms with E-state index in [0.717, 1.165) is 29.8 Å². The van der Waals surface area contributed by atoms with Crippen molar-refractivity contribution in [3.8, 4) is 11.1 Å². The Morgan fingerprint density at radius 1 is 1.07 bits per heavy atom. The van der Waals surface area contributed by atoms with Crippen molar-refractivity contribution in [2.75, 3.05) is 27.2 Å². The van der Waals surface area contributed by atoms with Crippen molar-refractivity contribution in [1.29, 1.82) is 0 Å². The summed E-state index contributed by atoms with van der Waals surface area (Å²) in [6.07, 6.45) is 4.20. The number of aromatic nitrogens is 2. The summed E-state index contributed by atoms with van der Waals surface area (Å²) in [4.78, 5) is 44.5. The van der Waals surface area contributed by atoms with Gasteiger partial charge in [-0.3, -0.25) is 19.4 Å². The first-order valence-corrected chi connectivity index (χ1v) is 9.51. The Hall–Kier alpha value is -2.96. The van der Waals surface area contributed by atoms with Crippen LogP contribution in [0, 0.1) is 5.92 Å². The molecule has 2 bridgehead atoms. The number of carbonyl (C=O) groups is 2. The van der Waals surface area contributed by atoms with Crippen LogP contribution in [0.15, 0.2) is 35.4 Å². The zero-order valence-electron chi connectivity index (χ0n) is 16.4. The number of nitrogens with zero attached hydrogens (tertiary/aromatic N) is 4. The van der Waals surface area contributed by atoms with Crippen LogP contribution in [0.25, 0.3) is 11.1 Å². The molecule has 0 spiro atoms. The second kappa shape index (κ2) is 6.89. The topological polar surface area (TPSA) is 75.5 Å². The van der Waals surface area contributed by atoms with Crippen molar-refractivity contribution >= 4 is 11.8 Å². The molecule has 7 nitrogen and oxygen atoms in total.